The highest BCUT2D eigenvalue weighted by Crippen LogP contribution is 2.25. The predicted molar refractivity (Wildman–Crippen MR) is 79.2 cm³/mol. The van der Waals surface area contributed by atoms with E-state index in [0.29, 0.717) is 9.88 Å². The lowest BCUT2D eigenvalue weighted by Gasteiger charge is -2.23. The number of rotatable bonds is 5. The van der Waals surface area contributed by atoms with Gasteiger partial charge >= 0.3 is 5.97 Å². The van der Waals surface area contributed by atoms with E-state index in [1.54, 1.807) is 26.2 Å². The third-order valence-corrected chi connectivity index (χ3v) is 3.87. The van der Waals surface area contributed by atoms with Crippen LogP contribution >= 0.6 is 11.3 Å². The van der Waals surface area contributed by atoms with Gasteiger partial charge in [-0.2, -0.15) is 0 Å². The molecule has 0 unspecified atom stereocenters. The van der Waals surface area contributed by atoms with Gasteiger partial charge in [0.15, 0.2) is 0 Å². The Kier molecular flexibility index (Phi) is 4.64. The van der Waals surface area contributed by atoms with Crippen LogP contribution in [0.1, 0.15) is 23.5 Å². The summed E-state index contributed by atoms with van der Waals surface area (Å²) in [6.07, 6.45) is 4.80. The fourth-order valence-electron chi connectivity index (χ4n) is 1.78. The zero-order valence-corrected chi connectivity index (χ0v) is 12.5. The molecule has 0 aliphatic heterocycles. The topological polar surface area (TPSA) is 83.4 Å². The molecule has 0 aromatic carbocycles. The maximum absolute atomic E-state index is 12.4. The van der Waals surface area contributed by atoms with Crippen molar-refractivity contribution in [1.82, 2.24) is 14.9 Å². The van der Waals surface area contributed by atoms with E-state index < -0.39 is 5.97 Å². The van der Waals surface area contributed by atoms with Crippen molar-refractivity contribution in [3.8, 4) is 10.6 Å². The van der Waals surface area contributed by atoms with Gasteiger partial charge in [0.1, 0.15) is 16.4 Å². The van der Waals surface area contributed by atoms with E-state index in [9.17, 15) is 9.59 Å². The molecule has 1 amide bonds. The lowest BCUT2D eigenvalue weighted by Crippen LogP contribution is -2.40. The van der Waals surface area contributed by atoms with Crippen molar-refractivity contribution in [3.63, 3.8) is 0 Å². The van der Waals surface area contributed by atoms with Gasteiger partial charge in [0.05, 0.1) is 6.20 Å². The summed E-state index contributed by atoms with van der Waals surface area (Å²) in [6.45, 7) is 3.25. The molecule has 21 heavy (non-hydrogen) atoms. The summed E-state index contributed by atoms with van der Waals surface area (Å²) in [7, 11) is 0. The van der Waals surface area contributed by atoms with Crippen LogP contribution in [0.3, 0.4) is 0 Å². The van der Waals surface area contributed by atoms with Gasteiger partial charge in [0.25, 0.3) is 5.91 Å². The molecule has 0 saturated heterocycles. The van der Waals surface area contributed by atoms with E-state index in [-0.39, 0.29) is 18.5 Å². The van der Waals surface area contributed by atoms with E-state index >= 15 is 0 Å². The molecule has 0 bridgehead atoms. The van der Waals surface area contributed by atoms with Gasteiger partial charge in [-0.3, -0.25) is 14.6 Å². The zero-order valence-electron chi connectivity index (χ0n) is 11.7. The van der Waals surface area contributed by atoms with Gasteiger partial charge in [-0.15, -0.1) is 11.3 Å². The number of carboxylic acids is 1. The summed E-state index contributed by atoms with van der Waals surface area (Å²) >= 11 is 1.24. The normalized spacial score (nSPS) is 10.6. The number of carbonyl (C=O) groups excluding carboxylic acids is 1. The third-order valence-electron chi connectivity index (χ3n) is 2.83. The Morgan fingerprint density at radius 2 is 2.00 bits per heavy atom. The van der Waals surface area contributed by atoms with Gasteiger partial charge in [-0.25, -0.2) is 4.98 Å². The largest absolute Gasteiger partial charge is 0.480 e. The number of amides is 1. The van der Waals surface area contributed by atoms with E-state index in [4.69, 9.17) is 5.11 Å². The molecule has 0 saturated carbocycles. The smallest absolute Gasteiger partial charge is 0.323 e. The maximum Gasteiger partial charge on any atom is 0.323 e. The van der Waals surface area contributed by atoms with Gasteiger partial charge in [0, 0.05) is 24.0 Å². The van der Waals surface area contributed by atoms with Crippen LogP contribution in [-0.2, 0) is 4.79 Å². The van der Waals surface area contributed by atoms with E-state index in [1.165, 1.54) is 22.4 Å². The number of carbonyl (C=O) groups is 2. The van der Waals surface area contributed by atoms with Crippen LogP contribution in [-0.4, -0.2) is 44.4 Å². The monoisotopic (exact) mass is 305 g/mol. The quantitative estimate of drug-likeness (QED) is 0.915. The molecule has 2 aromatic rings. The molecule has 2 heterocycles. The summed E-state index contributed by atoms with van der Waals surface area (Å²) in [5.41, 5.74) is 0.878. The summed E-state index contributed by atoms with van der Waals surface area (Å²) < 4.78 is 0. The van der Waals surface area contributed by atoms with Crippen molar-refractivity contribution in [2.75, 3.05) is 6.54 Å². The van der Waals surface area contributed by atoms with Gasteiger partial charge in [-0.05, 0) is 26.0 Å². The van der Waals surface area contributed by atoms with Crippen molar-refractivity contribution < 1.29 is 14.7 Å². The van der Waals surface area contributed by atoms with Gasteiger partial charge < -0.3 is 10.0 Å². The van der Waals surface area contributed by atoms with Crippen LogP contribution in [0, 0.1) is 0 Å². The maximum atomic E-state index is 12.4. The second-order valence-electron chi connectivity index (χ2n) is 4.69. The van der Waals surface area contributed by atoms with Crippen LogP contribution in [0.4, 0.5) is 0 Å². The SMILES string of the molecule is CC(C)N(CC(=O)O)C(=O)c1cnc(-c2ccncc2)s1. The predicted octanol–water partition coefficient (Wildman–Crippen LogP) is 2.14. The van der Waals surface area contributed by atoms with Crippen LogP contribution in [0.15, 0.2) is 30.7 Å². The first-order valence-corrected chi connectivity index (χ1v) is 7.19. The number of aromatic nitrogens is 2. The molecule has 0 fully saturated rings. The van der Waals surface area contributed by atoms with Gasteiger partial charge in [-0.1, -0.05) is 0 Å². The van der Waals surface area contributed by atoms with Crippen LogP contribution in [0.5, 0.6) is 0 Å². The second kappa shape index (κ2) is 6.45. The molecule has 2 aromatic heterocycles. The Morgan fingerprint density at radius 1 is 1.33 bits per heavy atom. The van der Waals surface area contributed by atoms with Crippen LogP contribution < -0.4 is 0 Å². The Bertz CT molecular complexity index is 640. The van der Waals surface area contributed by atoms with Crippen molar-refractivity contribution in [2.24, 2.45) is 0 Å². The lowest BCUT2D eigenvalue weighted by atomic mass is 10.3. The highest BCUT2D eigenvalue weighted by atomic mass is 32.1. The highest BCUT2D eigenvalue weighted by Gasteiger charge is 2.23. The number of nitrogens with zero attached hydrogens (tertiary/aromatic N) is 3. The Balaban J connectivity index is 2.23. The summed E-state index contributed by atoms with van der Waals surface area (Å²) in [4.78, 5) is 33.1. The fourth-order valence-corrected chi connectivity index (χ4v) is 2.65. The lowest BCUT2D eigenvalue weighted by molar-refractivity contribution is -0.138. The number of pyridine rings is 1. The molecule has 0 spiro atoms. The van der Waals surface area contributed by atoms with Crippen molar-refractivity contribution in [3.05, 3.63) is 35.6 Å². The first-order valence-electron chi connectivity index (χ1n) is 6.38. The molecule has 110 valence electrons. The number of aliphatic carboxylic acids is 1. The molecule has 0 aliphatic rings. The first-order chi connectivity index (χ1) is 9.99. The summed E-state index contributed by atoms with van der Waals surface area (Å²) in [5, 5.41) is 9.61. The molecular weight excluding hydrogens is 290 g/mol. The minimum Gasteiger partial charge on any atom is -0.480 e. The minimum absolute atomic E-state index is 0.194. The van der Waals surface area contributed by atoms with Gasteiger partial charge in [0.2, 0.25) is 0 Å². The van der Waals surface area contributed by atoms with Crippen LogP contribution in [0.2, 0.25) is 0 Å². The average Bonchev–Trinajstić information content (AvgIpc) is 2.94. The van der Waals surface area contributed by atoms with E-state index in [0.717, 1.165) is 5.56 Å². The molecule has 2 rings (SSSR count). The highest BCUT2D eigenvalue weighted by molar-refractivity contribution is 7.16. The van der Waals surface area contributed by atoms with Crippen molar-refractivity contribution in [1.29, 1.82) is 0 Å². The second-order valence-corrected chi connectivity index (χ2v) is 5.72. The molecule has 6 nitrogen and oxygen atoms in total. The average molecular weight is 305 g/mol. The first kappa shape index (κ1) is 15.1. The Morgan fingerprint density at radius 3 is 2.57 bits per heavy atom. The van der Waals surface area contributed by atoms with Crippen molar-refractivity contribution in [2.45, 2.75) is 19.9 Å². The summed E-state index contributed by atoms with van der Waals surface area (Å²) in [6, 6.07) is 3.43. The van der Waals surface area contributed by atoms with E-state index in [2.05, 4.69) is 9.97 Å². The number of hydrogen-bond acceptors (Lipinski definition) is 5. The van der Waals surface area contributed by atoms with Crippen molar-refractivity contribution >= 4 is 23.2 Å². The molecule has 7 heteroatoms. The number of carboxylic acid groups (broad SMARTS) is 1. The number of hydrogen-bond donors (Lipinski definition) is 1. The van der Waals surface area contributed by atoms with Crippen LogP contribution in [0.25, 0.3) is 10.6 Å². The Hall–Kier alpha value is -2.28. The zero-order chi connectivity index (χ0) is 15.4. The molecule has 0 radical (unpaired) electrons. The number of thiazole rings is 1. The Labute approximate surface area is 126 Å². The standard InChI is InChI=1S/C14H15N3O3S/c1-9(2)17(8-12(18)19)14(20)11-7-16-13(21-11)10-3-5-15-6-4-10/h3-7,9H,8H2,1-2H3,(H,18,19). The molecule has 1 N–H and O–H groups in total. The minimum atomic E-state index is -1.03. The summed E-state index contributed by atoms with van der Waals surface area (Å²) in [5.74, 6) is -1.35. The third kappa shape index (κ3) is 3.63. The van der Waals surface area contributed by atoms with E-state index in [1.807, 2.05) is 12.1 Å². The molecule has 0 aliphatic carbocycles. The molecule has 0 atom stereocenters. The molecular formula is C14H15N3O3S. The fraction of sp³-hybridized carbons (Fsp3) is 0.286.